The predicted octanol–water partition coefficient (Wildman–Crippen LogP) is 2.98. The van der Waals surface area contributed by atoms with Crippen molar-refractivity contribution in [3.05, 3.63) is 64.3 Å². The Balaban J connectivity index is 1.95. The molecule has 0 aliphatic heterocycles. The number of rotatable bonds is 4. The number of nitrogens with zero attached hydrogens (tertiary/aromatic N) is 3. The van der Waals surface area contributed by atoms with Gasteiger partial charge in [0.2, 0.25) is 0 Å². The van der Waals surface area contributed by atoms with Gasteiger partial charge in [-0.2, -0.15) is 13.2 Å². The van der Waals surface area contributed by atoms with Crippen molar-refractivity contribution in [2.45, 2.75) is 30.3 Å². The van der Waals surface area contributed by atoms with Gasteiger partial charge in [-0.3, -0.25) is 4.79 Å². The van der Waals surface area contributed by atoms with E-state index in [-0.39, 0.29) is 11.1 Å². The Bertz CT molecular complexity index is 1230. The molecule has 0 spiro atoms. The van der Waals surface area contributed by atoms with Crippen molar-refractivity contribution in [1.82, 2.24) is 19.5 Å². The molecule has 0 radical (unpaired) electrons. The molecule has 3 aromatic rings. The topological polar surface area (TPSA) is 97.7 Å². The van der Waals surface area contributed by atoms with Gasteiger partial charge in [0.25, 0.3) is 15.4 Å². The van der Waals surface area contributed by atoms with Gasteiger partial charge in [0, 0.05) is 17.8 Å². The number of halogens is 4. The number of hydrogen-bond acceptors (Lipinski definition) is 5. The third kappa shape index (κ3) is 3.92. The number of hydrogen-bond donors (Lipinski definition) is 1. The van der Waals surface area contributed by atoms with Crippen LogP contribution in [0.25, 0.3) is 11.4 Å². The molecule has 29 heavy (non-hydrogen) atoms. The minimum atomic E-state index is -5.65. The Kier molecular flexibility index (Phi) is 5.07. The van der Waals surface area contributed by atoms with Crippen LogP contribution < -0.4 is 5.56 Å². The lowest BCUT2D eigenvalue weighted by molar-refractivity contribution is -0.0436. The molecule has 0 fully saturated rings. The number of aromatic amines is 1. The maximum absolute atomic E-state index is 14.4. The molecular weight excluding hydrogens is 416 g/mol. The van der Waals surface area contributed by atoms with Crippen LogP contribution in [0.5, 0.6) is 0 Å². The number of sulfone groups is 1. The lowest BCUT2D eigenvalue weighted by Gasteiger charge is -2.15. The second-order valence-corrected chi connectivity index (χ2v) is 8.17. The average molecular weight is 430 g/mol. The Hall–Kier alpha value is -3.02. The van der Waals surface area contributed by atoms with Crippen molar-refractivity contribution >= 4 is 9.84 Å². The zero-order valence-electron chi connectivity index (χ0n) is 15.0. The van der Waals surface area contributed by atoms with Crippen LogP contribution in [0.4, 0.5) is 17.6 Å². The minimum absolute atomic E-state index is 0.0369. The Labute approximate surface area is 162 Å². The highest BCUT2D eigenvalue weighted by Gasteiger charge is 2.47. The lowest BCUT2D eigenvalue weighted by Crippen LogP contribution is -2.23. The zero-order valence-corrected chi connectivity index (χ0v) is 15.8. The second kappa shape index (κ2) is 7.10. The summed E-state index contributed by atoms with van der Waals surface area (Å²) in [5.74, 6) is -0.731. The molecule has 0 aliphatic carbocycles. The molecule has 154 valence electrons. The maximum atomic E-state index is 14.4. The van der Waals surface area contributed by atoms with E-state index in [4.69, 9.17) is 0 Å². The monoisotopic (exact) mass is 430 g/mol. The van der Waals surface area contributed by atoms with Crippen LogP contribution in [0.3, 0.4) is 0 Å². The van der Waals surface area contributed by atoms with E-state index in [1.54, 1.807) is 13.8 Å². The van der Waals surface area contributed by atoms with Gasteiger partial charge in [0.15, 0.2) is 0 Å². The van der Waals surface area contributed by atoms with Crippen molar-refractivity contribution in [2.75, 3.05) is 0 Å². The lowest BCUT2D eigenvalue weighted by atomic mass is 10.1. The molecule has 0 bridgehead atoms. The van der Waals surface area contributed by atoms with E-state index in [9.17, 15) is 30.8 Å². The van der Waals surface area contributed by atoms with Gasteiger partial charge in [-0.25, -0.2) is 22.8 Å². The Morgan fingerprint density at radius 3 is 2.45 bits per heavy atom. The normalized spacial score (nSPS) is 13.4. The summed E-state index contributed by atoms with van der Waals surface area (Å²) in [6.45, 7) is 3.15. The second-order valence-electron chi connectivity index (χ2n) is 6.23. The van der Waals surface area contributed by atoms with Gasteiger partial charge in [-0.1, -0.05) is 6.07 Å². The smallest absolute Gasteiger partial charge is 0.329 e. The van der Waals surface area contributed by atoms with E-state index >= 15 is 0 Å². The van der Waals surface area contributed by atoms with Gasteiger partial charge in [0.1, 0.15) is 17.3 Å². The number of alkyl halides is 3. The SMILES string of the molecule is Cc1nc(-c2cn(C(C)c3ccc(S(=O)(=O)C(F)(F)F)cc3F)cn2)cc(=O)[nH]1. The van der Waals surface area contributed by atoms with Crippen molar-refractivity contribution < 1.29 is 26.0 Å². The van der Waals surface area contributed by atoms with E-state index in [1.807, 2.05) is 0 Å². The fourth-order valence-electron chi connectivity index (χ4n) is 2.70. The molecule has 7 nitrogen and oxygen atoms in total. The standard InChI is InChI=1S/C17H14F4N4O3S/c1-9(12-4-3-11(5-13(12)18)29(27,28)17(19,20)21)25-7-15(22-8-25)14-6-16(26)24-10(2)23-14/h3-9H,1-2H3,(H,23,24,26). The third-order valence-corrected chi connectivity index (χ3v) is 5.69. The number of benzene rings is 1. The van der Waals surface area contributed by atoms with Gasteiger partial charge in [-0.15, -0.1) is 0 Å². The summed E-state index contributed by atoms with van der Waals surface area (Å²) in [5, 5.41) is 0. The molecule has 0 saturated carbocycles. The average Bonchev–Trinajstić information content (AvgIpc) is 3.09. The summed E-state index contributed by atoms with van der Waals surface area (Å²) in [7, 11) is -5.65. The molecule has 3 rings (SSSR count). The van der Waals surface area contributed by atoms with Crippen molar-refractivity contribution in [3.63, 3.8) is 0 Å². The van der Waals surface area contributed by atoms with Gasteiger partial charge in [-0.05, 0) is 26.0 Å². The summed E-state index contributed by atoms with van der Waals surface area (Å²) in [6.07, 6.45) is 2.84. The first-order valence-corrected chi connectivity index (χ1v) is 9.61. The molecule has 0 aliphatic rings. The summed E-state index contributed by atoms with van der Waals surface area (Å²) in [5.41, 5.74) is -5.30. The number of aromatic nitrogens is 4. The summed E-state index contributed by atoms with van der Waals surface area (Å²) >= 11 is 0. The highest BCUT2D eigenvalue weighted by molar-refractivity contribution is 7.92. The van der Waals surface area contributed by atoms with E-state index in [0.717, 1.165) is 6.07 Å². The van der Waals surface area contributed by atoms with Crippen LogP contribution in [-0.2, 0) is 9.84 Å². The molecular formula is C17H14F4N4O3S. The minimum Gasteiger partial charge on any atom is -0.329 e. The Morgan fingerprint density at radius 2 is 1.86 bits per heavy atom. The molecule has 1 unspecified atom stereocenters. The van der Waals surface area contributed by atoms with Crippen molar-refractivity contribution in [2.24, 2.45) is 0 Å². The largest absolute Gasteiger partial charge is 0.501 e. The van der Waals surface area contributed by atoms with E-state index in [1.165, 1.54) is 23.2 Å². The van der Waals surface area contributed by atoms with Crippen LogP contribution in [0.15, 0.2) is 46.5 Å². The molecule has 0 amide bonds. The fraction of sp³-hybridized carbons (Fsp3) is 0.235. The quantitative estimate of drug-likeness (QED) is 0.642. The van der Waals surface area contributed by atoms with Crippen LogP contribution in [0, 0.1) is 12.7 Å². The molecule has 1 atom stereocenters. The molecule has 0 saturated heterocycles. The zero-order chi connectivity index (χ0) is 21.6. The Morgan fingerprint density at radius 1 is 1.17 bits per heavy atom. The van der Waals surface area contributed by atoms with Crippen molar-refractivity contribution in [3.8, 4) is 11.4 Å². The summed E-state index contributed by atoms with van der Waals surface area (Å²) in [4.78, 5) is 21.1. The molecule has 2 aromatic heterocycles. The first-order valence-electron chi connectivity index (χ1n) is 8.13. The fourth-order valence-corrected chi connectivity index (χ4v) is 3.47. The highest BCUT2D eigenvalue weighted by Crippen LogP contribution is 2.32. The van der Waals surface area contributed by atoms with Crippen LogP contribution in [-0.4, -0.2) is 33.4 Å². The van der Waals surface area contributed by atoms with Crippen molar-refractivity contribution in [1.29, 1.82) is 0 Å². The number of nitrogens with one attached hydrogen (secondary N) is 1. The van der Waals surface area contributed by atoms with Gasteiger partial charge < -0.3 is 9.55 Å². The first-order chi connectivity index (χ1) is 13.4. The molecule has 12 heteroatoms. The number of aryl methyl sites for hydroxylation is 1. The van der Waals surface area contributed by atoms with E-state index in [2.05, 4.69) is 15.0 Å². The maximum Gasteiger partial charge on any atom is 0.501 e. The third-order valence-electron chi connectivity index (χ3n) is 4.21. The number of H-pyrrole nitrogens is 1. The van der Waals surface area contributed by atoms with E-state index in [0.29, 0.717) is 29.3 Å². The molecule has 1 aromatic carbocycles. The molecule has 2 heterocycles. The highest BCUT2D eigenvalue weighted by atomic mass is 32.2. The summed E-state index contributed by atoms with van der Waals surface area (Å²) < 4.78 is 76.7. The van der Waals surface area contributed by atoms with Gasteiger partial charge in [0.05, 0.1) is 23.0 Å². The van der Waals surface area contributed by atoms with Crippen LogP contribution in [0.1, 0.15) is 24.4 Å². The number of imidazole rings is 1. The van der Waals surface area contributed by atoms with Crippen LogP contribution in [0.2, 0.25) is 0 Å². The van der Waals surface area contributed by atoms with Crippen LogP contribution >= 0.6 is 0 Å². The summed E-state index contributed by atoms with van der Waals surface area (Å²) in [6, 6.07) is 2.54. The van der Waals surface area contributed by atoms with Gasteiger partial charge >= 0.3 is 5.51 Å². The van der Waals surface area contributed by atoms with E-state index < -0.39 is 32.1 Å². The first kappa shape index (κ1) is 20.7. The molecule has 1 N–H and O–H groups in total. The predicted molar refractivity (Wildman–Crippen MR) is 94.3 cm³/mol.